The summed E-state index contributed by atoms with van der Waals surface area (Å²) in [4.78, 5) is 2.46. The summed E-state index contributed by atoms with van der Waals surface area (Å²) in [5, 5.41) is 3.34. The first-order chi connectivity index (χ1) is 14.5. The lowest BCUT2D eigenvalue weighted by Gasteiger charge is -2.14. The van der Waals surface area contributed by atoms with E-state index in [1.54, 1.807) is 24.3 Å². The molecule has 0 aromatic heterocycles. The van der Waals surface area contributed by atoms with Crippen LogP contribution >= 0.6 is 0 Å². The van der Waals surface area contributed by atoms with Crippen LogP contribution in [0.5, 0.6) is 0 Å². The van der Waals surface area contributed by atoms with Crippen LogP contribution in [0.15, 0.2) is 48.5 Å². The summed E-state index contributed by atoms with van der Waals surface area (Å²) in [5.74, 6) is 2.17. The molecule has 4 heteroatoms. The van der Waals surface area contributed by atoms with Crippen molar-refractivity contribution in [2.75, 3.05) is 32.7 Å². The highest BCUT2D eigenvalue weighted by Gasteiger charge is 2.29. The van der Waals surface area contributed by atoms with Gasteiger partial charge in [0, 0.05) is 31.5 Å². The number of rotatable bonds is 3. The van der Waals surface area contributed by atoms with E-state index in [4.69, 9.17) is 0 Å². The van der Waals surface area contributed by atoms with E-state index in [0.717, 1.165) is 26.2 Å². The highest BCUT2D eigenvalue weighted by atomic mass is 19.1. The second kappa shape index (κ2) is 12.2. The number of likely N-dealkylation sites (N-methyl/N-ethyl adjacent to an activating group) is 1. The van der Waals surface area contributed by atoms with Crippen LogP contribution in [-0.4, -0.2) is 37.6 Å². The van der Waals surface area contributed by atoms with Crippen molar-refractivity contribution in [3.05, 3.63) is 71.3 Å². The second-order valence-electron chi connectivity index (χ2n) is 8.28. The standard InChI is InChI=1S/C13H18FN.C11H14FN.C2H6/c1-3-15-8-10(2)13(9-15)11-4-6-12(14)7-5-11;1-8-6-13-7-11(8)9-2-4-10(12)5-3-9;1-2/h4-7,10,13H,3,8-9H2,1-2H3;2-5,8,11,13H,6-7H2,1H3;1-2H3/t10-,13-;8-,11-;/m11./s1. The maximum Gasteiger partial charge on any atom is 0.123 e. The summed E-state index contributed by atoms with van der Waals surface area (Å²) in [7, 11) is 0. The molecule has 0 radical (unpaired) electrons. The Morgan fingerprint density at radius 3 is 1.67 bits per heavy atom. The zero-order valence-electron chi connectivity index (χ0n) is 19.2. The zero-order valence-corrected chi connectivity index (χ0v) is 19.2. The van der Waals surface area contributed by atoms with E-state index in [-0.39, 0.29) is 11.6 Å². The maximum absolute atomic E-state index is 12.8. The third-order valence-corrected chi connectivity index (χ3v) is 6.25. The molecule has 4 rings (SSSR count). The summed E-state index contributed by atoms with van der Waals surface area (Å²) in [5.41, 5.74) is 2.53. The highest BCUT2D eigenvalue weighted by Crippen LogP contribution is 2.32. The van der Waals surface area contributed by atoms with Crippen molar-refractivity contribution in [1.82, 2.24) is 10.2 Å². The van der Waals surface area contributed by atoms with Crippen molar-refractivity contribution in [3.63, 3.8) is 0 Å². The average molecular weight is 417 g/mol. The first-order valence-electron chi connectivity index (χ1n) is 11.4. The predicted octanol–water partition coefficient (Wildman–Crippen LogP) is 6.06. The summed E-state index contributed by atoms with van der Waals surface area (Å²) < 4.78 is 25.5. The lowest BCUT2D eigenvalue weighted by atomic mass is 9.90. The topological polar surface area (TPSA) is 15.3 Å². The number of nitrogens with one attached hydrogen (secondary N) is 1. The molecule has 2 aliphatic rings. The van der Waals surface area contributed by atoms with Crippen molar-refractivity contribution >= 4 is 0 Å². The molecule has 2 fully saturated rings. The molecular weight excluding hydrogens is 378 g/mol. The van der Waals surface area contributed by atoms with Gasteiger partial charge in [-0.1, -0.05) is 58.9 Å². The molecule has 2 aromatic rings. The van der Waals surface area contributed by atoms with Gasteiger partial charge in [0.05, 0.1) is 0 Å². The maximum atomic E-state index is 12.8. The van der Waals surface area contributed by atoms with Crippen LogP contribution in [0.1, 0.15) is 57.6 Å². The molecule has 2 aliphatic heterocycles. The fraction of sp³-hybridized carbons (Fsp3) is 0.538. The molecule has 2 saturated heterocycles. The second-order valence-corrected chi connectivity index (χ2v) is 8.28. The molecule has 0 aliphatic carbocycles. The van der Waals surface area contributed by atoms with Crippen LogP contribution in [0.2, 0.25) is 0 Å². The van der Waals surface area contributed by atoms with Crippen molar-refractivity contribution in [1.29, 1.82) is 0 Å². The molecule has 0 spiro atoms. The minimum atomic E-state index is -0.151. The summed E-state index contributed by atoms with van der Waals surface area (Å²) in [6.07, 6.45) is 0. The SMILES string of the molecule is CC.CCN1C[C@@H](C)[C@H](c2ccc(F)cc2)C1.C[C@@H]1CNC[C@H]1c1ccc(F)cc1. The van der Waals surface area contributed by atoms with Gasteiger partial charge in [-0.25, -0.2) is 8.78 Å². The molecule has 0 unspecified atom stereocenters. The number of hydrogen-bond acceptors (Lipinski definition) is 2. The summed E-state index contributed by atoms with van der Waals surface area (Å²) in [6.45, 7) is 16.2. The lowest BCUT2D eigenvalue weighted by molar-refractivity contribution is 0.345. The number of halogens is 2. The molecule has 30 heavy (non-hydrogen) atoms. The Hall–Kier alpha value is -1.78. The first kappa shape index (κ1) is 24.5. The molecule has 0 amide bonds. The van der Waals surface area contributed by atoms with E-state index >= 15 is 0 Å². The quantitative estimate of drug-likeness (QED) is 0.655. The Bertz CT molecular complexity index is 730. The van der Waals surface area contributed by atoms with E-state index in [1.807, 2.05) is 38.1 Å². The molecule has 166 valence electrons. The Morgan fingerprint density at radius 2 is 1.27 bits per heavy atom. The van der Waals surface area contributed by atoms with Crippen molar-refractivity contribution in [2.45, 2.75) is 46.5 Å². The molecule has 2 aromatic carbocycles. The number of nitrogens with zero attached hydrogens (tertiary/aromatic N) is 1. The minimum Gasteiger partial charge on any atom is -0.316 e. The van der Waals surface area contributed by atoms with Gasteiger partial charge in [-0.3, -0.25) is 0 Å². The molecule has 2 heterocycles. The largest absolute Gasteiger partial charge is 0.316 e. The molecule has 0 bridgehead atoms. The minimum absolute atomic E-state index is 0.142. The van der Waals surface area contributed by atoms with Crippen LogP contribution in [0.3, 0.4) is 0 Å². The van der Waals surface area contributed by atoms with Gasteiger partial charge in [-0.05, 0) is 60.3 Å². The van der Waals surface area contributed by atoms with E-state index < -0.39 is 0 Å². The average Bonchev–Trinajstić information content (AvgIpc) is 3.36. The van der Waals surface area contributed by atoms with Crippen LogP contribution < -0.4 is 5.32 Å². The molecule has 4 atom stereocenters. The first-order valence-corrected chi connectivity index (χ1v) is 11.4. The van der Waals surface area contributed by atoms with Crippen LogP contribution in [0.4, 0.5) is 8.78 Å². The molecule has 2 nitrogen and oxygen atoms in total. The fourth-order valence-corrected chi connectivity index (χ4v) is 4.44. The molecule has 0 saturated carbocycles. The lowest BCUT2D eigenvalue weighted by Crippen LogP contribution is -2.19. The van der Waals surface area contributed by atoms with Gasteiger partial charge >= 0.3 is 0 Å². The van der Waals surface area contributed by atoms with Crippen molar-refractivity contribution in [3.8, 4) is 0 Å². The van der Waals surface area contributed by atoms with E-state index in [0.29, 0.717) is 23.7 Å². The van der Waals surface area contributed by atoms with Crippen LogP contribution in [0.25, 0.3) is 0 Å². The smallest absolute Gasteiger partial charge is 0.123 e. The van der Waals surface area contributed by atoms with Gasteiger partial charge in [0.15, 0.2) is 0 Å². The Labute approximate surface area is 181 Å². The zero-order chi connectivity index (χ0) is 22.1. The normalized spacial score (nSPS) is 25.8. The van der Waals surface area contributed by atoms with Crippen LogP contribution in [0, 0.1) is 23.5 Å². The third kappa shape index (κ3) is 6.61. The van der Waals surface area contributed by atoms with Crippen LogP contribution in [-0.2, 0) is 0 Å². The van der Waals surface area contributed by atoms with E-state index in [9.17, 15) is 8.78 Å². The Kier molecular flexibility index (Phi) is 9.93. The van der Waals surface area contributed by atoms with Gasteiger partial charge in [-0.15, -0.1) is 0 Å². The van der Waals surface area contributed by atoms with Crippen molar-refractivity contribution < 1.29 is 8.78 Å². The van der Waals surface area contributed by atoms with Crippen molar-refractivity contribution in [2.24, 2.45) is 11.8 Å². The number of likely N-dealkylation sites (tertiary alicyclic amines) is 1. The Morgan fingerprint density at radius 1 is 0.767 bits per heavy atom. The van der Waals surface area contributed by atoms with Gasteiger partial charge in [0.2, 0.25) is 0 Å². The Balaban J connectivity index is 0.000000199. The number of hydrogen-bond donors (Lipinski definition) is 1. The van der Waals surface area contributed by atoms with Gasteiger partial charge in [0.25, 0.3) is 0 Å². The summed E-state index contributed by atoms with van der Waals surface area (Å²) >= 11 is 0. The highest BCUT2D eigenvalue weighted by molar-refractivity contribution is 5.23. The number of benzene rings is 2. The van der Waals surface area contributed by atoms with E-state index in [2.05, 4.69) is 31.0 Å². The van der Waals surface area contributed by atoms with Gasteiger partial charge in [0.1, 0.15) is 11.6 Å². The van der Waals surface area contributed by atoms with E-state index in [1.165, 1.54) is 17.7 Å². The van der Waals surface area contributed by atoms with Gasteiger partial charge in [-0.2, -0.15) is 0 Å². The molecule has 1 N–H and O–H groups in total. The molecular formula is C26H38F2N2. The third-order valence-electron chi connectivity index (χ3n) is 6.25. The summed E-state index contributed by atoms with van der Waals surface area (Å²) in [6, 6.07) is 13.9. The van der Waals surface area contributed by atoms with Gasteiger partial charge < -0.3 is 10.2 Å². The predicted molar refractivity (Wildman–Crippen MR) is 123 cm³/mol. The monoisotopic (exact) mass is 416 g/mol. The fourth-order valence-electron chi connectivity index (χ4n) is 4.44.